The van der Waals surface area contributed by atoms with Crippen LogP contribution in [0, 0.1) is 0 Å². The van der Waals surface area contributed by atoms with Crippen LogP contribution in [0.15, 0.2) is 42.7 Å². The second kappa shape index (κ2) is 9.06. The van der Waals surface area contributed by atoms with Crippen molar-refractivity contribution in [3.8, 4) is 11.5 Å². The van der Waals surface area contributed by atoms with Gasteiger partial charge in [-0.25, -0.2) is 0 Å². The number of hydrogen-bond donors (Lipinski definition) is 1. The molecule has 0 bridgehead atoms. The Hall–Kier alpha value is -2.31. The first-order chi connectivity index (χ1) is 12.8. The van der Waals surface area contributed by atoms with Crippen molar-refractivity contribution in [2.45, 2.75) is 18.9 Å². The minimum absolute atomic E-state index is 0. The lowest BCUT2D eigenvalue weighted by Gasteiger charge is -2.36. The summed E-state index contributed by atoms with van der Waals surface area (Å²) in [5.74, 6) is 1.73. The number of amides is 1. The molecule has 0 spiro atoms. The molecule has 1 fully saturated rings. The van der Waals surface area contributed by atoms with E-state index in [1.807, 2.05) is 41.4 Å². The van der Waals surface area contributed by atoms with Gasteiger partial charge in [0.15, 0.2) is 11.5 Å². The molecule has 1 unspecified atom stereocenters. The van der Waals surface area contributed by atoms with Gasteiger partial charge in [-0.1, -0.05) is 12.1 Å². The number of nitrogens with one attached hydrogen (secondary N) is 1. The lowest BCUT2D eigenvalue weighted by Crippen LogP contribution is -2.48. The summed E-state index contributed by atoms with van der Waals surface area (Å²) in [7, 11) is 0. The number of aryl methyl sites for hydroxylation is 1. The van der Waals surface area contributed by atoms with Gasteiger partial charge in [0.05, 0.1) is 6.04 Å². The van der Waals surface area contributed by atoms with Crippen LogP contribution in [0.2, 0.25) is 0 Å². The number of nitrogens with zero attached hydrogens (tertiary/aromatic N) is 2. The SMILES string of the molecule is Cl.O=C(CCc1ccc2c(c1)OCCO2)N1CCNCC1c1cccnc1. The highest BCUT2D eigenvalue weighted by atomic mass is 35.5. The maximum atomic E-state index is 12.9. The zero-order valence-corrected chi connectivity index (χ0v) is 15.9. The minimum atomic E-state index is 0. The van der Waals surface area contributed by atoms with E-state index in [0.717, 1.165) is 42.3 Å². The van der Waals surface area contributed by atoms with Crippen molar-refractivity contribution in [1.82, 2.24) is 15.2 Å². The molecule has 0 saturated carbocycles. The van der Waals surface area contributed by atoms with Crippen LogP contribution in [-0.2, 0) is 11.2 Å². The highest BCUT2D eigenvalue weighted by Crippen LogP contribution is 2.31. The molecule has 4 rings (SSSR count). The van der Waals surface area contributed by atoms with Crippen molar-refractivity contribution in [3.05, 3.63) is 53.9 Å². The fourth-order valence-corrected chi connectivity index (χ4v) is 3.51. The average Bonchev–Trinajstić information content (AvgIpc) is 2.72. The van der Waals surface area contributed by atoms with Gasteiger partial charge in [-0.05, 0) is 35.7 Å². The standard InChI is InChI=1S/C20H23N3O3.ClH/c24-20(6-4-15-3-5-18-19(12-15)26-11-10-25-18)23-9-8-22-14-17(23)16-2-1-7-21-13-16;/h1-3,5,7,12-13,17,22H,4,6,8-11,14H2;1H. The third-order valence-electron chi connectivity index (χ3n) is 4.87. The van der Waals surface area contributed by atoms with Crippen molar-refractivity contribution >= 4 is 18.3 Å². The second-order valence-corrected chi connectivity index (χ2v) is 6.57. The Morgan fingerprint density at radius 3 is 2.89 bits per heavy atom. The topological polar surface area (TPSA) is 63.7 Å². The Morgan fingerprint density at radius 1 is 1.22 bits per heavy atom. The number of aromatic nitrogens is 1. The molecule has 6 nitrogen and oxygen atoms in total. The molecule has 2 aliphatic rings. The molecule has 0 radical (unpaired) electrons. The van der Waals surface area contributed by atoms with Gasteiger partial charge in [-0.3, -0.25) is 9.78 Å². The fraction of sp³-hybridized carbons (Fsp3) is 0.400. The van der Waals surface area contributed by atoms with Crippen LogP contribution in [-0.4, -0.2) is 48.6 Å². The maximum Gasteiger partial charge on any atom is 0.223 e. The zero-order valence-electron chi connectivity index (χ0n) is 15.1. The van der Waals surface area contributed by atoms with Crippen molar-refractivity contribution in [1.29, 1.82) is 0 Å². The van der Waals surface area contributed by atoms with Crippen LogP contribution < -0.4 is 14.8 Å². The van der Waals surface area contributed by atoms with Crippen molar-refractivity contribution in [2.75, 3.05) is 32.8 Å². The molecule has 1 atom stereocenters. The molecule has 2 aromatic rings. The molecule has 3 heterocycles. The van der Waals surface area contributed by atoms with E-state index >= 15 is 0 Å². The number of pyridine rings is 1. The van der Waals surface area contributed by atoms with Crippen LogP contribution >= 0.6 is 12.4 Å². The average molecular weight is 390 g/mol. The maximum absolute atomic E-state index is 12.9. The molecular formula is C20H24ClN3O3. The number of fused-ring (bicyclic) bond motifs is 1. The number of hydrogen-bond acceptors (Lipinski definition) is 5. The highest BCUT2D eigenvalue weighted by molar-refractivity contribution is 5.85. The summed E-state index contributed by atoms with van der Waals surface area (Å²) in [5, 5.41) is 3.37. The number of rotatable bonds is 4. The van der Waals surface area contributed by atoms with Gasteiger partial charge in [0.1, 0.15) is 13.2 Å². The molecule has 1 aromatic heterocycles. The molecule has 1 N–H and O–H groups in total. The van der Waals surface area contributed by atoms with E-state index in [2.05, 4.69) is 10.3 Å². The van der Waals surface area contributed by atoms with Gasteiger partial charge < -0.3 is 19.7 Å². The van der Waals surface area contributed by atoms with Crippen LogP contribution in [0.25, 0.3) is 0 Å². The molecule has 7 heteroatoms. The number of carbonyl (C=O) groups excluding carboxylic acids is 1. The molecule has 27 heavy (non-hydrogen) atoms. The second-order valence-electron chi connectivity index (χ2n) is 6.57. The Labute approximate surface area is 165 Å². The van der Waals surface area contributed by atoms with E-state index < -0.39 is 0 Å². The number of benzene rings is 1. The quantitative estimate of drug-likeness (QED) is 0.869. The summed E-state index contributed by atoms with van der Waals surface area (Å²) >= 11 is 0. The van der Waals surface area contributed by atoms with Gasteiger partial charge in [-0.15, -0.1) is 12.4 Å². The summed E-state index contributed by atoms with van der Waals surface area (Å²) in [5.41, 5.74) is 2.17. The minimum Gasteiger partial charge on any atom is -0.486 e. The molecule has 1 amide bonds. The number of ether oxygens (including phenoxy) is 2. The van der Waals surface area contributed by atoms with Crippen LogP contribution in [0.3, 0.4) is 0 Å². The third-order valence-corrected chi connectivity index (χ3v) is 4.87. The van der Waals surface area contributed by atoms with Crippen molar-refractivity contribution in [2.24, 2.45) is 0 Å². The van der Waals surface area contributed by atoms with Crippen molar-refractivity contribution in [3.63, 3.8) is 0 Å². The molecule has 2 aliphatic heterocycles. The fourth-order valence-electron chi connectivity index (χ4n) is 3.51. The first kappa shape index (κ1) is 19.5. The Kier molecular flexibility index (Phi) is 6.53. The van der Waals surface area contributed by atoms with Gasteiger partial charge >= 0.3 is 0 Å². The molecular weight excluding hydrogens is 366 g/mol. The lowest BCUT2D eigenvalue weighted by atomic mass is 10.0. The summed E-state index contributed by atoms with van der Waals surface area (Å²) in [4.78, 5) is 19.0. The van der Waals surface area contributed by atoms with Gasteiger partial charge in [-0.2, -0.15) is 0 Å². The molecule has 144 valence electrons. The van der Waals surface area contributed by atoms with Crippen molar-refractivity contribution < 1.29 is 14.3 Å². The van der Waals surface area contributed by atoms with E-state index in [1.165, 1.54) is 0 Å². The number of carbonyl (C=O) groups is 1. The van der Waals surface area contributed by atoms with E-state index in [0.29, 0.717) is 26.1 Å². The smallest absolute Gasteiger partial charge is 0.223 e. The van der Waals surface area contributed by atoms with E-state index in [4.69, 9.17) is 9.47 Å². The molecule has 1 aromatic carbocycles. The Bertz CT molecular complexity index is 772. The summed E-state index contributed by atoms with van der Waals surface area (Å²) in [6.45, 7) is 3.47. The molecule has 1 saturated heterocycles. The van der Waals surface area contributed by atoms with E-state index in [9.17, 15) is 4.79 Å². The summed E-state index contributed by atoms with van der Waals surface area (Å²) in [6.07, 6.45) is 4.78. The first-order valence-electron chi connectivity index (χ1n) is 9.10. The van der Waals surface area contributed by atoms with Crippen LogP contribution in [0.4, 0.5) is 0 Å². The number of piperazine rings is 1. The van der Waals surface area contributed by atoms with Gasteiger partial charge in [0.2, 0.25) is 5.91 Å². The predicted molar refractivity (Wildman–Crippen MR) is 105 cm³/mol. The van der Waals surface area contributed by atoms with Gasteiger partial charge in [0, 0.05) is 38.4 Å². The third kappa shape index (κ3) is 4.51. The Morgan fingerprint density at radius 2 is 2.07 bits per heavy atom. The summed E-state index contributed by atoms with van der Waals surface area (Å²) < 4.78 is 11.2. The lowest BCUT2D eigenvalue weighted by molar-refractivity contribution is -0.134. The predicted octanol–water partition coefficient (Wildman–Crippen LogP) is 2.38. The monoisotopic (exact) mass is 389 g/mol. The van der Waals surface area contributed by atoms with Gasteiger partial charge in [0.25, 0.3) is 0 Å². The first-order valence-corrected chi connectivity index (χ1v) is 9.10. The van der Waals surface area contributed by atoms with Crippen LogP contribution in [0.1, 0.15) is 23.6 Å². The normalized spacial score (nSPS) is 18.5. The Balaban J connectivity index is 0.00000210. The van der Waals surface area contributed by atoms with E-state index in [-0.39, 0.29) is 24.4 Å². The van der Waals surface area contributed by atoms with E-state index in [1.54, 1.807) is 6.20 Å². The summed E-state index contributed by atoms with van der Waals surface area (Å²) in [6, 6.07) is 9.92. The zero-order chi connectivity index (χ0) is 17.8. The molecule has 0 aliphatic carbocycles. The largest absolute Gasteiger partial charge is 0.486 e. The number of halogens is 1. The van der Waals surface area contributed by atoms with Crippen LogP contribution in [0.5, 0.6) is 11.5 Å². The highest BCUT2D eigenvalue weighted by Gasteiger charge is 2.27.